The molecule has 6 rings (SSSR count). The van der Waals surface area contributed by atoms with Gasteiger partial charge < -0.3 is 9.80 Å². The van der Waals surface area contributed by atoms with E-state index in [1.807, 2.05) is 41.3 Å². The minimum Gasteiger partial charge on any atom is -0.343 e. The average molecular weight is 535 g/mol. The van der Waals surface area contributed by atoms with Gasteiger partial charge in [0.2, 0.25) is 5.91 Å². The summed E-state index contributed by atoms with van der Waals surface area (Å²) in [5.41, 5.74) is 6.37. The van der Waals surface area contributed by atoms with Crippen molar-refractivity contribution < 1.29 is 9.59 Å². The molecule has 2 amide bonds. The summed E-state index contributed by atoms with van der Waals surface area (Å²) in [6.07, 6.45) is 3.55. The maximum Gasteiger partial charge on any atom is 0.273 e. The number of amides is 2. The average Bonchev–Trinajstić information content (AvgIpc) is 3.35. The van der Waals surface area contributed by atoms with E-state index in [4.69, 9.17) is 4.98 Å². The Morgan fingerprint density at radius 2 is 1.65 bits per heavy atom. The fraction of sp³-hybridized carbons (Fsp3) is 0.312. The predicted molar refractivity (Wildman–Crippen MR) is 156 cm³/mol. The van der Waals surface area contributed by atoms with Gasteiger partial charge in [-0.25, -0.2) is 9.50 Å². The van der Waals surface area contributed by atoms with E-state index in [0.29, 0.717) is 16.8 Å². The first-order chi connectivity index (χ1) is 19.4. The number of hydrogen-bond donors (Lipinski definition) is 0. The Bertz CT molecular complexity index is 1560. The van der Waals surface area contributed by atoms with Crippen LogP contribution in [0.15, 0.2) is 79.4 Å². The number of imidazole rings is 1. The van der Waals surface area contributed by atoms with Gasteiger partial charge in [0.15, 0.2) is 5.65 Å². The van der Waals surface area contributed by atoms with Crippen LogP contribution in [0.5, 0.6) is 0 Å². The normalized spacial score (nSPS) is 16.6. The lowest BCUT2D eigenvalue weighted by Crippen LogP contribution is -2.60. The molecule has 0 saturated carbocycles. The number of carbonyl (C=O) groups excluding carboxylic acids is 2. The molecule has 2 aliphatic heterocycles. The molecular weight excluding hydrogens is 500 g/mol. The lowest BCUT2D eigenvalue weighted by atomic mass is 9.72. The summed E-state index contributed by atoms with van der Waals surface area (Å²) in [6.45, 7) is 8.34. The molecule has 0 bridgehead atoms. The topological polar surface area (TPSA) is 74.1 Å². The molecule has 40 heavy (non-hydrogen) atoms. The predicted octanol–water partition coefficient (Wildman–Crippen LogP) is 4.38. The molecule has 0 radical (unpaired) electrons. The monoisotopic (exact) mass is 534 g/mol. The first-order valence-electron chi connectivity index (χ1n) is 13.8. The molecule has 0 N–H and O–H groups in total. The van der Waals surface area contributed by atoms with Gasteiger partial charge >= 0.3 is 0 Å². The van der Waals surface area contributed by atoms with Crippen molar-refractivity contribution >= 4 is 17.5 Å². The number of fused-ring (bicyclic) bond motifs is 1. The lowest BCUT2D eigenvalue weighted by Gasteiger charge is -2.54. The van der Waals surface area contributed by atoms with Gasteiger partial charge in [0.1, 0.15) is 11.4 Å². The summed E-state index contributed by atoms with van der Waals surface area (Å²) in [5.74, 6) is -0.102. The molecule has 204 valence electrons. The third-order valence-corrected chi connectivity index (χ3v) is 8.21. The third kappa shape index (κ3) is 4.79. The van der Waals surface area contributed by atoms with Crippen LogP contribution < -0.4 is 0 Å². The molecule has 2 aromatic carbocycles. The van der Waals surface area contributed by atoms with E-state index in [0.717, 1.165) is 68.1 Å². The van der Waals surface area contributed by atoms with Crippen molar-refractivity contribution in [3.8, 4) is 22.5 Å². The third-order valence-electron chi connectivity index (χ3n) is 8.21. The highest BCUT2D eigenvalue weighted by atomic mass is 16.2. The highest BCUT2D eigenvalue weighted by Crippen LogP contribution is 2.41. The van der Waals surface area contributed by atoms with Gasteiger partial charge in [0.25, 0.3) is 5.91 Å². The largest absolute Gasteiger partial charge is 0.343 e. The molecule has 0 atom stereocenters. The highest BCUT2D eigenvalue weighted by Gasteiger charge is 2.44. The number of carbonyl (C=O) groups is 2. The molecule has 4 aromatic rings. The molecule has 0 aliphatic carbocycles. The fourth-order valence-corrected chi connectivity index (χ4v) is 6.02. The minimum absolute atomic E-state index is 0.0467. The van der Waals surface area contributed by atoms with Crippen LogP contribution in [0.4, 0.5) is 0 Å². The van der Waals surface area contributed by atoms with E-state index in [1.54, 1.807) is 24.7 Å². The van der Waals surface area contributed by atoms with Crippen LogP contribution in [-0.2, 0) is 11.3 Å². The van der Waals surface area contributed by atoms with Crippen LogP contribution in [0.3, 0.4) is 0 Å². The van der Waals surface area contributed by atoms with Crippen molar-refractivity contribution in [2.24, 2.45) is 5.41 Å². The number of benzene rings is 2. The van der Waals surface area contributed by atoms with Crippen LogP contribution in [0.2, 0.25) is 0 Å². The smallest absolute Gasteiger partial charge is 0.273 e. The summed E-state index contributed by atoms with van der Waals surface area (Å²) in [6, 6.07) is 22.3. The first-order valence-corrected chi connectivity index (χ1v) is 13.8. The molecule has 2 fully saturated rings. The Morgan fingerprint density at radius 3 is 2.30 bits per heavy atom. The zero-order valence-electron chi connectivity index (χ0n) is 23.1. The molecular formula is C32H34N6O2. The highest BCUT2D eigenvalue weighted by molar-refractivity contribution is 5.92. The van der Waals surface area contributed by atoms with Crippen molar-refractivity contribution in [1.82, 2.24) is 29.3 Å². The summed E-state index contributed by atoms with van der Waals surface area (Å²) in [7, 11) is 3.45. The van der Waals surface area contributed by atoms with Gasteiger partial charge in [-0.15, -0.1) is 0 Å². The van der Waals surface area contributed by atoms with E-state index >= 15 is 0 Å². The van der Waals surface area contributed by atoms with E-state index in [9.17, 15) is 9.59 Å². The molecule has 2 saturated heterocycles. The number of rotatable bonds is 6. The number of piperidine rings is 1. The lowest BCUT2D eigenvalue weighted by molar-refractivity contribution is -0.131. The van der Waals surface area contributed by atoms with Crippen molar-refractivity contribution in [3.05, 3.63) is 90.6 Å². The summed E-state index contributed by atoms with van der Waals surface area (Å²) in [4.78, 5) is 35.4. The standard InChI is InChI=1S/C32H34N6O2/c1-4-28(39)37-18-16-32(17-19-37)21-36(22-32)20-23-10-12-24(13-11-23)29-30(25-8-6-5-7-9-25)38-27(33-29)15-14-26(34-38)31(40)35(2)3/h4-15H,1,16-22H2,2-3H3. The Balaban J connectivity index is 1.21. The van der Waals surface area contributed by atoms with E-state index < -0.39 is 0 Å². The van der Waals surface area contributed by atoms with E-state index in [-0.39, 0.29) is 11.8 Å². The van der Waals surface area contributed by atoms with Gasteiger partial charge in [-0.2, -0.15) is 5.10 Å². The van der Waals surface area contributed by atoms with Gasteiger partial charge in [0, 0.05) is 57.9 Å². The second kappa shape index (κ2) is 10.4. The first kappa shape index (κ1) is 26.0. The van der Waals surface area contributed by atoms with Crippen LogP contribution >= 0.6 is 0 Å². The maximum atomic E-state index is 12.6. The maximum absolute atomic E-state index is 12.6. The number of aromatic nitrogens is 3. The molecule has 4 heterocycles. The Labute approximate surface area is 234 Å². The number of hydrogen-bond acceptors (Lipinski definition) is 5. The summed E-state index contributed by atoms with van der Waals surface area (Å²) in [5, 5.41) is 4.68. The van der Waals surface area contributed by atoms with Gasteiger partial charge in [-0.3, -0.25) is 14.5 Å². The molecule has 2 aromatic heterocycles. The van der Waals surface area contributed by atoms with Crippen LogP contribution in [0.1, 0.15) is 28.9 Å². The second-order valence-corrected chi connectivity index (χ2v) is 11.2. The zero-order chi connectivity index (χ0) is 27.9. The second-order valence-electron chi connectivity index (χ2n) is 11.2. The van der Waals surface area contributed by atoms with Crippen molar-refractivity contribution in [1.29, 1.82) is 0 Å². The van der Waals surface area contributed by atoms with E-state index in [2.05, 4.69) is 40.8 Å². The van der Waals surface area contributed by atoms with Crippen molar-refractivity contribution in [2.45, 2.75) is 19.4 Å². The fourth-order valence-electron chi connectivity index (χ4n) is 6.02. The molecule has 8 heteroatoms. The molecule has 2 aliphatic rings. The van der Waals surface area contributed by atoms with Crippen LogP contribution in [0, 0.1) is 5.41 Å². The molecule has 1 spiro atoms. The zero-order valence-corrected chi connectivity index (χ0v) is 23.1. The van der Waals surface area contributed by atoms with Crippen LogP contribution in [0.25, 0.3) is 28.2 Å². The summed E-state index contributed by atoms with van der Waals surface area (Å²) < 4.78 is 1.78. The Morgan fingerprint density at radius 1 is 0.950 bits per heavy atom. The number of likely N-dealkylation sites (tertiary alicyclic amines) is 2. The van der Waals surface area contributed by atoms with Crippen molar-refractivity contribution in [3.63, 3.8) is 0 Å². The van der Waals surface area contributed by atoms with E-state index in [1.165, 1.54) is 16.5 Å². The Hall–Kier alpha value is -4.30. The SMILES string of the molecule is C=CC(=O)N1CCC2(CC1)CN(Cc1ccc(-c3nc4ccc(C(=O)N(C)C)nn4c3-c3ccccc3)cc1)C2. The Kier molecular flexibility index (Phi) is 6.72. The number of nitrogens with zero attached hydrogens (tertiary/aromatic N) is 6. The van der Waals surface area contributed by atoms with Gasteiger partial charge in [-0.05, 0) is 42.0 Å². The van der Waals surface area contributed by atoms with Gasteiger partial charge in [-0.1, -0.05) is 61.2 Å². The van der Waals surface area contributed by atoms with Crippen LogP contribution in [-0.4, -0.2) is 81.4 Å². The van der Waals surface area contributed by atoms with Crippen molar-refractivity contribution in [2.75, 3.05) is 40.3 Å². The molecule has 8 nitrogen and oxygen atoms in total. The minimum atomic E-state index is -0.149. The summed E-state index contributed by atoms with van der Waals surface area (Å²) >= 11 is 0. The molecule has 0 unspecified atom stereocenters. The van der Waals surface area contributed by atoms with Gasteiger partial charge in [0.05, 0.1) is 5.69 Å². The quantitative estimate of drug-likeness (QED) is 0.344.